The average molecular weight is 303 g/mol. The smallest absolute Gasteiger partial charge is 0.225 e. The highest BCUT2D eigenvalue weighted by Gasteiger charge is 2.04. The van der Waals surface area contributed by atoms with Crippen LogP contribution in [0.3, 0.4) is 0 Å². The third kappa shape index (κ3) is 5.58. The first kappa shape index (κ1) is 15.5. The monoisotopic (exact) mass is 302 g/mol. The van der Waals surface area contributed by atoms with Crippen LogP contribution >= 0.6 is 11.6 Å². The Bertz CT molecular complexity index is 572. The molecule has 2 N–H and O–H groups in total. The van der Waals surface area contributed by atoms with Gasteiger partial charge >= 0.3 is 0 Å². The summed E-state index contributed by atoms with van der Waals surface area (Å²) in [5, 5.41) is 6.64. The number of hydrogen-bond acceptors (Lipinski definition) is 2. The molecule has 0 aliphatic carbocycles. The SMILES string of the molecule is O=C(CCNCCc1ccccc1)Nc1ccccc1Cl. The van der Waals surface area contributed by atoms with Crippen LogP contribution in [-0.4, -0.2) is 19.0 Å². The summed E-state index contributed by atoms with van der Waals surface area (Å²) in [6, 6.07) is 17.5. The van der Waals surface area contributed by atoms with Gasteiger partial charge in [-0.3, -0.25) is 4.79 Å². The van der Waals surface area contributed by atoms with Crippen molar-refractivity contribution in [1.82, 2.24) is 5.32 Å². The molecule has 21 heavy (non-hydrogen) atoms. The van der Waals surface area contributed by atoms with E-state index < -0.39 is 0 Å². The number of benzene rings is 2. The number of halogens is 1. The number of hydrogen-bond donors (Lipinski definition) is 2. The molecule has 2 aromatic carbocycles. The van der Waals surface area contributed by atoms with E-state index in [0.717, 1.165) is 13.0 Å². The van der Waals surface area contributed by atoms with E-state index in [1.807, 2.05) is 30.3 Å². The van der Waals surface area contributed by atoms with Crippen LogP contribution in [0, 0.1) is 0 Å². The molecule has 0 aliphatic rings. The zero-order valence-electron chi connectivity index (χ0n) is 11.8. The van der Waals surface area contributed by atoms with Crippen molar-refractivity contribution in [3.63, 3.8) is 0 Å². The fourth-order valence-electron chi connectivity index (χ4n) is 1.98. The Morgan fingerprint density at radius 3 is 2.43 bits per heavy atom. The third-order valence-electron chi connectivity index (χ3n) is 3.11. The van der Waals surface area contributed by atoms with Gasteiger partial charge in [0.15, 0.2) is 0 Å². The fraction of sp³-hybridized carbons (Fsp3) is 0.235. The predicted molar refractivity (Wildman–Crippen MR) is 87.7 cm³/mol. The van der Waals surface area contributed by atoms with E-state index in [1.54, 1.807) is 12.1 Å². The maximum Gasteiger partial charge on any atom is 0.225 e. The van der Waals surface area contributed by atoms with Gasteiger partial charge in [0, 0.05) is 13.0 Å². The highest BCUT2D eigenvalue weighted by molar-refractivity contribution is 6.33. The lowest BCUT2D eigenvalue weighted by atomic mass is 10.1. The molecule has 0 aliphatic heterocycles. The minimum Gasteiger partial charge on any atom is -0.325 e. The minimum absolute atomic E-state index is 0.0321. The van der Waals surface area contributed by atoms with Crippen LogP contribution in [0.15, 0.2) is 54.6 Å². The molecular weight excluding hydrogens is 284 g/mol. The zero-order chi connectivity index (χ0) is 14.9. The molecule has 0 unspecified atom stereocenters. The minimum atomic E-state index is -0.0321. The van der Waals surface area contributed by atoms with Crippen LogP contribution in [0.1, 0.15) is 12.0 Å². The highest BCUT2D eigenvalue weighted by Crippen LogP contribution is 2.20. The summed E-state index contributed by atoms with van der Waals surface area (Å²) in [5.41, 5.74) is 1.96. The molecular formula is C17H19ClN2O. The van der Waals surface area contributed by atoms with Gasteiger partial charge in [-0.25, -0.2) is 0 Å². The maximum atomic E-state index is 11.8. The number of para-hydroxylation sites is 1. The van der Waals surface area contributed by atoms with Crippen molar-refractivity contribution >= 4 is 23.2 Å². The summed E-state index contributed by atoms with van der Waals surface area (Å²) >= 11 is 5.99. The van der Waals surface area contributed by atoms with Gasteiger partial charge in [-0.05, 0) is 30.7 Å². The van der Waals surface area contributed by atoms with Crippen molar-refractivity contribution in [3.8, 4) is 0 Å². The Kier molecular flexibility index (Phi) is 6.25. The Balaban J connectivity index is 1.63. The third-order valence-corrected chi connectivity index (χ3v) is 3.44. The second-order valence-corrected chi connectivity index (χ2v) is 5.17. The first-order chi connectivity index (χ1) is 10.3. The molecule has 0 heterocycles. The molecule has 0 saturated heterocycles. The molecule has 0 spiro atoms. The van der Waals surface area contributed by atoms with Crippen LogP contribution in [-0.2, 0) is 11.2 Å². The molecule has 0 atom stereocenters. The Morgan fingerprint density at radius 2 is 1.67 bits per heavy atom. The largest absolute Gasteiger partial charge is 0.325 e. The maximum absolute atomic E-state index is 11.8. The Labute approximate surface area is 130 Å². The number of carbonyl (C=O) groups is 1. The lowest BCUT2D eigenvalue weighted by molar-refractivity contribution is -0.116. The van der Waals surface area contributed by atoms with Crippen molar-refractivity contribution < 1.29 is 4.79 Å². The van der Waals surface area contributed by atoms with Crippen LogP contribution < -0.4 is 10.6 Å². The van der Waals surface area contributed by atoms with E-state index in [9.17, 15) is 4.79 Å². The van der Waals surface area contributed by atoms with Crippen molar-refractivity contribution in [2.24, 2.45) is 0 Å². The van der Waals surface area contributed by atoms with Gasteiger partial charge in [0.05, 0.1) is 10.7 Å². The van der Waals surface area contributed by atoms with Gasteiger partial charge in [0.2, 0.25) is 5.91 Å². The van der Waals surface area contributed by atoms with Gasteiger partial charge in [0.1, 0.15) is 0 Å². The van der Waals surface area contributed by atoms with E-state index >= 15 is 0 Å². The van der Waals surface area contributed by atoms with Crippen molar-refractivity contribution in [2.75, 3.05) is 18.4 Å². The van der Waals surface area contributed by atoms with Gasteiger partial charge in [-0.2, -0.15) is 0 Å². The quantitative estimate of drug-likeness (QED) is 0.769. The molecule has 2 rings (SSSR count). The normalized spacial score (nSPS) is 10.3. The molecule has 0 saturated carbocycles. The molecule has 110 valence electrons. The molecule has 2 aromatic rings. The van der Waals surface area contributed by atoms with Crippen LogP contribution in [0.4, 0.5) is 5.69 Å². The van der Waals surface area contributed by atoms with Crippen LogP contribution in [0.2, 0.25) is 5.02 Å². The summed E-state index contributed by atoms with van der Waals surface area (Å²) in [6.45, 7) is 1.52. The Hall–Kier alpha value is -1.84. The molecule has 0 radical (unpaired) electrons. The first-order valence-electron chi connectivity index (χ1n) is 7.05. The topological polar surface area (TPSA) is 41.1 Å². The average Bonchev–Trinajstić information content (AvgIpc) is 2.50. The Morgan fingerprint density at radius 1 is 0.952 bits per heavy atom. The van der Waals surface area contributed by atoms with E-state index in [0.29, 0.717) is 23.7 Å². The van der Waals surface area contributed by atoms with Crippen LogP contribution in [0.25, 0.3) is 0 Å². The molecule has 0 fully saturated rings. The van der Waals surface area contributed by atoms with Gasteiger partial charge < -0.3 is 10.6 Å². The van der Waals surface area contributed by atoms with Crippen molar-refractivity contribution in [2.45, 2.75) is 12.8 Å². The fourth-order valence-corrected chi connectivity index (χ4v) is 2.16. The summed E-state index contributed by atoms with van der Waals surface area (Å²) in [5.74, 6) is -0.0321. The van der Waals surface area contributed by atoms with E-state index in [2.05, 4.69) is 22.8 Å². The van der Waals surface area contributed by atoms with Crippen molar-refractivity contribution in [1.29, 1.82) is 0 Å². The number of carbonyl (C=O) groups excluding carboxylic acids is 1. The number of rotatable bonds is 7. The zero-order valence-corrected chi connectivity index (χ0v) is 12.6. The number of amides is 1. The second-order valence-electron chi connectivity index (χ2n) is 4.76. The second kappa shape index (κ2) is 8.45. The molecule has 4 heteroatoms. The lowest BCUT2D eigenvalue weighted by Crippen LogP contribution is -2.23. The summed E-state index contributed by atoms with van der Waals surface area (Å²) < 4.78 is 0. The summed E-state index contributed by atoms with van der Waals surface area (Å²) in [6.07, 6.45) is 1.40. The number of anilines is 1. The van der Waals surface area contributed by atoms with Gasteiger partial charge in [-0.1, -0.05) is 54.1 Å². The van der Waals surface area contributed by atoms with Gasteiger partial charge in [0.25, 0.3) is 0 Å². The predicted octanol–water partition coefficient (Wildman–Crippen LogP) is 3.50. The van der Waals surface area contributed by atoms with E-state index in [4.69, 9.17) is 11.6 Å². The molecule has 3 nitrogen and oxygen atoms in total. The highest BCUT2D eigenvalue weighted by atomic mass is 35.5. The lowest BCUT2D eigenvalue weighted by Gasteiger charge is -2.08. The molecule has 0 bridgehead atoms. The number of nitrogens with one attached hydrogen (secondary N) is 2. The van der Waals surface area contributed by atoms with E-state index in [-0.39, 0.29) is 5.91 Å². The summed E-state index contributed by atoms with van der Waals surface area (Å²) in [7, 11) is 0. The molecule has 0 aromatic heterocycles. The molecule has 1 amide bonds. The van der Waals surface area contributed by atoms with Crippen LogP contribution in [0.5, 0.6) is 0 Å². The van der Waals surface area contributed by atoms with Gasteiger partial charge in [-0.15, -0.1) is 0 Å². The first-order valence-corrected chi connectivity index (χ1v) is 7.42. The van der Waals surface area contributed by atoms with E-state index in [1.165, 1.54) is 5.56 Å². The van der Waals surface area contributed by atoms with Crippen molar-refractivity contribution in [3.05, 3.63) is 65.2 Å². The standard InChI is InChI=1S/C17H19ClN2O/c18-15-8-4-5-9-16(15)20-17(21)11-13-19-12-10-14-6-2-1-3-7-14/h1-9,19H,10-13H2,(H,20,21). The summed E-state index contributed by atoms with van der Waals surface area (Å²) in [4.78, 5) is 11.8.